The monoisotopic (exact) mass is 584 g/mol. The van der Waals surface area contributed by atoms with Gasteiger partial charge in [-0.15, -0.1) is 0 Å². The molecular weight excluding hydrogens is 547 g/mol. The minimum Gasteiger partial charge on any atom is -0.486 e. The molecule has 3 aromatic carbocycles. The summed E-state index contributed by atoms with van der Waals surface area (Å²) in [4.78, 5) is 32.5. The van der Waals surface area contributed by atoms with Crippen molar-refractivity contribution in [1.29, 1.82) is 0 Å². The molecule has 1 aromatic heterocycles. The first kappa shape index (κ1) is 29.8. The SMILES string of the molecule is COC(=O)C(Cc1cn(Cc2ccccc2)cn1)NC(=O)C1CCN(c2cccc(C(C)Oc3ccc(F)cc3)c2)CC1. The van der Waals surface area contributed by atoms with E-state index in [0.717, 1.165) is 16.8 Å². The Morgan fingerprint density at radius 3 is 2.49 bits per heavy atom. The van der Waals surface area contributed by atoms with E-state index in [1.165, 1.54) is 19.2 Å². The summed E-state index contributed by atoms with van der Waals surface area (Å²) in [5.74, 6) is -0.531. The van der Waals surface area contributed by atoms with Gasteiger partial charge < -0.3 is 24.3 Å². The molecular formula is C34H37FN4O4. The lowest BCUT2D eigenvalue weighted by Gasteiger charge is -2.34. The molecule has 0 radical (unpaired) electrons. The predicted octanol–water partition coefficient (Wildman–Crippen LogP) is 5.33. The van der Waals surface area contributed by atoms with Gasteiger partial charge in [-0.25, -0.2) is 14.2 Å². The number of rotatable bonds is 11. The maximum atomic E-state index is 13.2. The van der Waals surface area contributed by atoms with Crippen molar-refractivity contribution < 1.29 is 23.5 Å². The van der Waals surface area contributed by atoms with Crippen molar-refractivity contribution in [3.05, 3.63) is 114 Å². The van der Waals surface area contributed by atoms with Gasteiger partial charge in [0.05, 0.1) is 19.1 Å². The van der Waals surface area contributed by atoms with E-state index in [1.807, 2.05) is 60.2 Å². The molecule has 1 amide bonds. The fourth-order valence-electron chi connectivity index (χ4n) is 5.39. The number of nitrogens with zero attached hydrogens (tertiary/aromatic N) is 3. The van der Waals surface area contributed by atoms with Gasteiger partial charge in [-0.3, -0.25) is 4.79 Å². The van der Waals surface area contributed by atoms with Crippen molar-refractivity contribution >= 4 is 17.6 Å². The second-order valence-corrected chi connectivity index (χ2v) is 10.9. The Hall–Kier alpha value is -4.66. The highest BCUT2D eigenvalue weighted by atomic mass is 19.1. The van der Waals surface area contributed by atoms with Gasteiger partial charge in [-0.1, -0.05) is 42.5 Å². The molecule has 224 valence electrons. The van der Waals surface area contributed by atoms with E-state index in [9.17, 15) is 14.0 Å². The Kier molecular flexibility index (Phi) is 9.71. The fraction of sp³-hybridized carbons (Fsp3) is 0.324. The van der Waals surface area contributed by atoms with E-state index in [-0.39, 0.29) is 30.2 Å². The number of hydrogen-bond acceptors (Lipinski definition) is 6. The Bertz CT molecular complexity index is 1500. The van der Waals surface area contributed by atoms with Crippen LogP contribution in [0, 0.1) is 11.7 Å². The topological polar surface area (TPSA) is 85.7 Å². The van der Waals surface area contributed by atoms with Gasteiger partial charge in [-0.05, 0) is 67.3 Å². The zero-order valence-corrected chi connectivity index (χ0v) is 24.5. The Morgan fingerprint density at radius 2 is 1.77 bits per heavy atom. The molecule has 0 spiro atoms. The molecule has 1 aliphatic heterocycles. The van der Waals surface area contributed by atoms with Crippen LogP contribution in [0.25, 0.3) is 0 Å². The Morgan fingerprint density at radius 1 is 1.02 bits per heavy atom. The second kappa shape index (κ2) is 14.0. The quantitative estimate of drug-likeness (QED) is 0.240. The van der Waals surface area contributed by atoms with Crippen LogP contribution in [-0.2, 0) is 27.3 Å². The molecule has 4 aromatic rings. The highest BCUT2D eigenvalue weighted by molar-refractivity contribution is 5.86. The standard InChI is InChI=1S/C34H37FN4O4/c1-24(43-31-13-11-28(35)12-14-31)27-9-6-10-30(19-27)39-17-15-26(16-18-39)33(40)37-32(34(41)42-2)20-29-22-38(23-36-29)21-25-7-4-3-5-8-25/h3-14,19,22-24,26,32H,15-18,20-21H2,1-2H3,(H,37,40). The molecule has 2 unspecified atom stereocenters. The molecule has 1 fully saturated rings. The smallest absolute Gasteiger partial charge is 0.328 e. The first-order chi connectivity index (χ1) is 20.9. The van der Waals surface area contributed by atoms with Crippen molar-refractivity contribution in [3.8, 4) is 5.75 Å². The number of carbonyl (C=O) groups excluding carboxylic acids is 2. The summed E-state index contributed by atoms with van der Waals surface area (Å²) in [5.41, 5.74) is 3.92. The van der Waals surface area contributed by atoms with E-state index in [2.05, 4.69) is 27.3 Å². The third kappa shape index (κ3) is 8.00. The van der Waals surface area contributed by atoms with Gasteiger partial charge in [0.25, 0.3) is 0 Å². The van der Waals surface area contributed by atoms with Gasteiger partial charge in [0.1, 0.15) is 23.7 Å². The van der Waals surface area contributed by atoms with Crippen molar-refractivity contribution in [2.45, 2.75) is 44.9 Å². The van der Waals surface area contributed by atoms with Crippen molar-refractivity contribution in [2.75, 3.05) is 25.1 Å². The predicted molar refractivity (Wildman–Crippen MR) is 162 cm³/mol. The zero-order chi connectivity index (χ0) is 30.2. The van der Waals surface area contributed by atoms with Gasteiger partial charge in [0.2, 0.25) is 5.91 Å². The number of imidazole rings is 1. The summed E-state index contributed by atoms with van der Waals surface area (Å²) in [6.07, 6.45) is 5.00. The molecule has 5 rings (SSSR count). The number of aromatic nitrogens is 2. The molecule has 43 heavy (non-hydrogen) atoms. The lowest BCUT2D eigenvalue weighted by atomic mass is 9.94. The van der Waals surface area contributed by atoms with Crippen LogP contribution < -0.4 is 15.0 Å². The molecule has 8 nitrogen and oxygen atoms in total. The number of hydrogen-bond donors (Lipinski definition) is 1. The average Bonchev–Trinajstić information content (AvgIpc) is 3.48. The Balaban J connectivity index is 1.14. The summed E-state index contributed by atoms with van der Waals surface area (Å²) >= 11 is 0. The Labute approximate surface area is 251 Å². The first-order valence-corrected chi connectivity index (χ1v) is 14.6. The third-order valence-electron chi connectivity index (χ3n) is 7.81. The normalized spacial score (nSPS) is 15.0. The largest absolute Gasteiger partial charge is 0.486 e. The van der Waals surface area contributed by atoms with Crippen LogP contribution in [-0.4, -0.2) is 47.7 Å². The number of halogens is 1. The van der Waals surface area contributed by atoms with E-state index in [1.54, 1.807) is 18.5 Å². The maximum absolute atomic E-state index is 13.2. The average molecular weight is 585 g/mol. The fourth-order valence-corrected chi connectivity index (χ4v) is 5.39. The third-order valence-corrected chi connectivity index (χ3v) is 7.81. The molecule has 1 saturated heterocycles. The van der Waals surface area contributed by atoms with Crippen LogP contribution in [0.5, 0.6) is 5.75 Å². The number of piperidine rings is 1. The number of methoxy groups -OCH3 is 1. The van der Waals surface area contributed by atoms with Crippen molar-refractivity contribution in [2.24, 2.45) is 5.92 Å². The molecule has 2 heterocycles. The number of benzene rings is 3. The van der Waals surface area contributed by atoms with E-state index < -0.39 is 12.0 Å². The summed E-state index contributed by atoms with van der Waals surface area (Å²) in [5, 5.41) is 2.93. The molecule has 9 heteroatoms. The lowest BCUT2D eigenvalue weighted by molar-refractivity contribution is -0.145. The molecule has 0 bridgehead atoms. The molecule has 0 aliphatic carbocycles. The van der Waals surface area contributed by atoms with E-state index in [4.69, 9.17) is 9.47 Å². The first-order valence-electron chi connectivity index (χ1n) is 14.6. The number of carbonyl (C=O) groups is 2. The molecule has 1 aliphatic rings. The van der Waals surface area contributed by atoms with Crippen LogP contribution in [0.2, 0.25) is 0 Å². The van der Waals surface area contributed by atoms with Crippen molar-refractivity contribution in [1.82, 2.24) is 14.9 Å². The number of ether oxygens (including phenoxy) is 2. The van der Waals surface area contributed by atoms with Crippen LogP contribution in [0.3, 0.4) is 0 Å². The summed E-state index contributed by atoms with van der Waals surface area (Å²) < 4.78 is 26.2. The van der Waals surface area contributed by atoms with E-state index >= 15 is 0 Å². The van der Waals surface area contributed by atoms with Gasteiger partial charge in [0, 0.05) is 43.9 Å². The van der Waals surface area contributed by atoms with Gasteiger partial charge in [-0.2, -0.15) is 0 Å². The molecule has 2 atom stereocenters. The summed E-state index contributed by atoms with van der Waals surface area (Å²) in [6.45, 7) is 4.05. The van der Waals surface area contributed by atoms with Crippen LogP contribution in [0.4, 0.5) is 10.1 Å². The zero-order valence-electron chi connectivity index (χ0n) is 24.5. The maximum Gasteiger partial charge on any atom is 0.328 e. The van der Waals surface area contributed by atoms with Gasteiger partial charge in [0.15, 0.2) is 0 Å². The number of nitrogens with one attached hydrogen (secondary N) is 1. The van der Waals surface area contributed by atoms with Crippen molar-refractivity contribution in [3.63, 3.8) is 0 Å². The second-order valence-electron chi connectivity index (χ2n) is 10.9. The van der Waals surface area contributed by atoms with E-state index in [0.29, 0.717) is 43.9 Å². The number of esters is 1. The molecule has 1 N–H and O–H groups in total. The number of anilines is 1. The number of amides is 1. The highest BCUT2D eigenvalue weighted by Gasteiger charge is 2.30. The van der Waals surface area contributed by atoms with Crippen LogP contribution in [0.1, 0.15) is 42.7 Å². The van der Waals surface area contributed by atoms with Crippen LogP contribution >= 0.6 is 0 Å². The summed E-state index contributed by atoms with van der Waals surface area (Å²) in [6, 6.07) is 23.4. The summed E-state index contributed by atoms with van der Waals surface area (Å²) in [7, 11) is 1.33. The van der Waals surface area contributed by atoms with Gasteiger partial charge >= 0.3 is 5.97 Å². The minimum absolute atomic E-state index is 0.145. The van der Waals surface area contributed by atoms with Crippen LogP contribution in [0.15, 0.2) is 91.4 Å². The highest BCUT2D eigenvalue weighted by Crippen LogP contribution is 2.28. The molecule has 0 saturated carbocycles. The lowest BCUT2D eigenvalue weighted by Crippen LogP contribution is -2.48. The minimum atomic E-state index is -0.810.